The highest BCUT2D eigenvalue weighted by Gasteiger charge is 2.31. The lowest BCUT2D eigenvalue weighted by molar-refractivity contribution is -0.137. The summed E-state index contributed by atoms with van der Waals surface area (Å²) in [5.41, 5.74) is -0.734. The number of hydrogen-bond acceptors (Lipinski definition) is 5. The fourth-order valence-corrected chi connectivity index (χ4v) is 2.28. The smallest absolute Gasteiger partial charge is 0.370 e. The summed E-state index contributed by atoms with van der Waals surface area (Å²) >= 11 is 1.04. The van der Waals surface area contributed by atoms with Crippen molar-refractivity contribution in [3.8, 4) is 0 Å². The van der Waals surface area contributed by atoms with Gasteiger partial charge in [-0.1, -0.05) is 6.92 Å². The van der Waals surface area contributed by atoms with Crippen molar-refractivity contribution in [3.05, 3.63) is 36.3 Å². The van der Waals surface area contributed by atoms with E-state index in [9.17, 15) is 13.2 Å². The lowest BCUT2D eigenvalue weighted by atomic mass is 10.2. The van der Waals surface area contributed by atoms with Crippen LogP contribution in [0.4, 0.5) is 19.0 Å². The van der Waals surface area contributed by atoms with Gasteiger partial charge in [-0.05, 0) is 30.3 Å². The zero-order valence-electron chi connectivity index (χ0n) is 11.2. The molecule has 2 heterocycles. The molecule has 0 aliphatic carbocycles. The summed E-state index contributed by atoms with van der Waals surface area (Å²) in [6.07, 6.45) is 0.837. The van der Waals surface area contributed by atoms with Crippen molar-refractivity contribution in [2.45, 2.75) is 29.6 Å². The summed E-state index contributed by atoms with van der Waals surface area (Å²) in [7, 11) is 0. The molecule has 21 heavy (non-hydrogen) atoms. The highest BCUT2D eigenvalue weighted by Crippen LogP contribution is 2.34. The van der Waals surface area contributed by atoms with Crippen molar-refractivity contribution >= 4 is 17.6 Å². The third-order valence-corrected chi connectivity index (χ3v) is 3.27. The van der Waals surface area contributed by atoms with Crippen LogP contribution in [-0.2, 0) is 6.18 Å². The second kappa shape index (κ2) is 6.75. The minimum atomic E-state index is -4.41. The van der Waals surface area contributed by atoms with Gasteiger partial charge in [0.15, 0.2) is 0 Å². The molecule has 4 nitrogen and oxygen atoms in total. The van der Waals surface area contributed by atoms with Gasteiger partial charge in [-0.2, -0.15) is 13.2 Å². The topological polar surface area (TPSA) is 50.7 Å². The van der Waals surface area contributed by atoms with Gasteiger partial charge in [0.2, 0.25) is 0 Å². The lowest BCUT2D eigenvalue weighted by Crippen LogP contribution is -2.09. The van der Waals surface area contributed by atoms with E-state index in [4.69, 9.17) is 0 Å². The number of hydrogen-bond donors (Lipinski definition) is 1. The van der Waals surface area contributed by atoms with Crippen LogP contribution >= 0.6 is 11.8 Å². The Morgan fingerprint density at radius 3 is 2.62 bits per heavy atom. The molecule has 1 N–H and O–H groups in total. The first-order valence-corrected chi connectivity index (χ1v) is 7.07. The van der Waals surface area contributed by atoms with Crippen LogP contribution in [0.2, 0.25) is 0 Å². The van der Waals surface area contributed by atoms with E-state index in [-0.39, 0.29) is 10.8 Å². The third kappa shape index (κ3) is 4.59. The molecule has 0 radical (unpaired) electrons. The maximum atomic E-state index is 12.9. The summed E-state index contributed by atoms with van der Waals surface area (Å²) in [5, 5.41) is 3.59. The van der Waals surface area contributed by atoms with E-state index in [1.807, 2.05) is 6.92 Å². The number of aromatic nitrogens is 3. The molecule has 0 spiro atoms. The number of pyridine rings is 1. The molecule has 8 heteroatoms. The van der Waals surface area contributed by atoms with Gasteiger partial charge in [0, 0.05) is 18.9 Å². The SMILES string of the molecule is CCCNc1cc(C(F)(F)F)cc(Sc2cnccn2)n1. The van der Waals surface area contributed by atoms with E-state index in [0.717, 1.165) is 30.3 Å². The first-order chi connectivity index (χ1) is 9.99. The molecule has 0 amide bonds. The summed E-state index contributed by atoms with van der Waals surface area (Å²) in [4.78, 5) is 12.1. The van der Waals surface area contributed by atoms with Gasteiger partial charge >= 0.3 is 6.18 Å². The first-order valence-electron chi connectivity index (χ1n) is 6.26. The average Bonchev–Trinajstić information content (AvgIpc) is 2.45. The number of halogens is 3. The number of nitrogens with zero attached hydrogens (tertiary/aromatic N) is 3. The van der Waals surface area contributed by atoms with Crippen molar-refractivity contribution < 1.29 is 13.2 Å². The molecule has 2 aromatic rings. The Bertz CT molecular complexity index is 590. The standard InChI is InChI=1S/C13H13F3N4S/c1-2-3-18-10-6-9(13(14,15)16)7-11(20-10)21-12-8-17-4-5-19-12/h4-8H,2-3H2,1H3,(H,18,20). The zero-order chi connectivity index (χ0) is 15.3. The van der Waals surface area contributed by atoms with Crippen LogP contribution in [0.25, 0.3) is 0 Å². The number of nitrogens with one attached hydrogen (secondary N) is 1. The summed E-state index contributed by atoms with van der Waals surface area (Å²) in [6, 6.07) is 2.02. The van der Waals surface area contributed by atoms with Crippen molar-refractivity contribution in [2.75, 3.05) is 11.9 Å². The van der Waals surface area contributed by atoms with Crippen LogP contribution in [0.15, 0.2) is 40.8 Å². The Balaban J connectivity index is 2.30. The molecule has 0 aliphatic heterocycles. The van der Waals surface area contributed by atoms with Crippen molar-refractivity contribution in [1.82, 2.24) is 15.0 Å². The van der Waals surface area contributed by atoms with E-state index in [1.165, 1.54) is 18.6 Å². The quantitative estimate of drug-likeness (QED) is 0.908. The second-order valence-electron chi connectivity index (χ2n) is 4.15. The summed E-state index contributed by atoms with van der Waals surface area (Å²) in [6.45, 7) is 2.49. The molecule has 0 saturated carbocycles. The molecule has 2 rings (SSSR count). The van der Waals surface area contributed by atoms with Gasteiger partial charge in [0.1, 0.15) is 15.9 Å². The Kier molecular flexibility index (Phi) is 5.00. The van der Waals surface area contributed by atoms with Gasteiger partial charge in [0.05, 0.1) is 11.8 Å². The third-order valence-electron chi connectivity index (χ3n) is 2.43. The van der Waals surface area contributed by atoms with Crippen LogP contribution in [0, 0.1) is 0 Å². The molecule has 112 valence electrons. The van der Waals surface area contributed by atoms with Gasteiger partial charge in [-0.25, -0.2) is 9.97 Å². The number of alkyl halides is 3. The molecule has 2 aromatic heterocycles. The van der Waals surface area contributed by atoms with Crippen LogP contribution in [0.5, 0.6) is 0 Å². The molecular formula is C13H13F3N4S. The molecular weight excluding hydrogens is 301 g/mol. The largest absolute Gasteiger partial charge is 0.416 e. The summed E-state index contributed by atoms with van der Waals surface area (Å²) < 4.78 is 38.7. The minimum absolute atomic E-state index is 0.207. The average molecular weight is 314 g/mol. The fraction of sp³-hybridized carbons (Fsp3) is 0.308. The summed E-state index contributed by atoms with van der Waals surface area (Å²) in [5.74, 6) is 0.207. The molecule has 0 aromatic carbocycles. The van der Waals surface area contributed by atoms with Gasteiger partial charge in [-0.3, -0.25) is 4.98 Å². The predicted octanol–water partition coefficient (Wildman–Crippen LogP) is 3.86. The normalized spacial score (nSPS) is 11.4. The van der Waals surface area contributed by atoms with E-state index in [2.05, 4.69) is 20.3 Å². The number of anilines is 1. The van der Waals surface area contributed by atoms with Gasteiger partial charge < -0.3 is 5.32 Å². The Hall–Kier alpha value is -1.83. The molecule has 0 aliphatic rings. The Morgan fingerprint density at radius 1 is 1.19 bits per heavy atom. The highest BCUT2D eigenvalue weighted by molar-refractivity contribution is 7.99. The molecule has 0 atom stereocenters. The fourth-order valence-electron chi connectivity index (χ4n) is 1.51. The van der Waals surface area contributed by atoms with Gasteiger partial charge in [0.25, 0.3) is 0 Å². The van der Waals surface area contributed by atoms with Crippen molar-refractivity contribution in [2.24, 2.45) is 0 Å². The highest BCUT2D eigenvalue weighted by atomic mass is 32.2. The minimum Gasteiger partial charge on any atom is -0.370 e. The van der Waals surface area contributed by atoms with E-state index >= 15 is 0 Å². The lowest BCUT2D eigenvalue weighted by Gasteiger charge is -2.12. The Morgan fingerprint density at radius 2 is 2.00 bits per heavy atom. The van der Waals surface area contributed by atoms with Crippen LogP contribution < -0.4 is 5.32 Å². The first kappa shape index (κ1) is 15.6. The van der Waals surface area contributed by atoms with Gasteiger partial charge in [-0.15, -0.1) is 0 Å². The second-order valence-corrected chi connectivity index (χ2v) is 5.19. The van der Waals surface area contributed by atoms with E-state index in [0.29, 0.717) is 11.6 Å². The predicted molar refractivity (Wildman–Crippen MR) is 74.2 cm³/mol. The van der Waals surface area contributed by atoms with Crippen LogP contribution in [0.3, 0.4) is 0 Å². The monoisotopic (exact) mass is 314 g/mol. The maximum absolute atomic E-state index is 12.9. The molecule has 0 fully saturated rings. The van der Waals surface area contributed by atoms with E-state index < -0.39 is 11.7 Å². The maximum Gasteiger partial charge on any atom is 0.416 e. The number of rotatable bonds is 5. The zero-order valence-corrected chi connectivity index (χ0v) is 12.0. The molecule has 0 bridgehead atoms. The van der Waals surface area contributed by atoms with Crippen molar-refractivity contribution in [1.29, 1.82) is 0 Å². The van der Waals surface area contributed by atoms with Crippen LogP contribution in [0.1, 0.15) is 18.9 Å². The molecule has 0 unspecified atom stereocenters. The van der Waals surface area contributed by atoms with Crippen LogP contribution in [-0.4, -0.2) is 21.5 Å². The molecule has 0 saturated heterocycles. The Labute approximate surface area is 124 Å². The van der Waals surface area contributed by atoms with Crippen molar-refractivity contribution in [3.63, 3.8) is 0 Å². The van der Waals surface area contributed by atoms with E-state index in [1.54, 1.807) is 0 Å².